The van der Waals surface area contributed by atoms with E-state index in [0.29, 0.717) is 10.7 Å². The van der Waals surface area contributed by atoms with Crippen molar-refractivity contribution in [3.05, 3.63) is 68.7 Å². The lowest BCUT2D eigenvalue weighted by atomic mass is 10.1. The lowest BCUT2D eigenvalue weighted by molar-refractivity contribution is -0.384. The number of anilines is 1. The number of hydrogen-bond donors (Lipinski definition) is 1. The van der Waals surface area contributed by atoms with E-state index in [9.17, 15) is 10.1 Å². The van der Waals surface area contributed by atoms with Crippen LogP contribution in [0.15, 0.2) is 42.5 Å². The molecule has 3 rings (SSSR count). The average molecular weight is 289 g/mol. The summed E-state index contributed by atoms with van der Waals surface area (Å²) in [5, 5.41) is 14.7. The molecule has 20 heavy (non-hydrogen) atoms. The van der Waals surface area contributed by atoms with Gasteiger partial charge in [0.05, 0.1) is 21.7 Å². The summed E-state index contributed by atoms with van der Waals surface area (Å²) in [5.41, 5.74) is 3.23. The number of non-ortho nitro benzene ring substituents is 1. The van der Waals surface area contributed by atoms with E-state index >= 15 is 0 Å². The molecule has 0 heterocycles. The number of hydrogen-bond acceptors (Lipinski definition) is 3. The Hall–Kier alpha value is -2.07. The molecule has 4 nitrogen and oxygen atoms in total. The molecule has 0 bridgehead atoms. The van der Waals surface area contributed by atoms with Crippen LogP contribution in [-0.4, -0.2) is 4.92 Å². The highest BCUT2D eigenvalue weighted by Gasteiger charge is 2.22. The van der Waals surface area contributed by atoms with Gasteiger partial charge in [0.15, 0.2) is 0 Å². The fraction of sp³-hybridized carbons (Fsp3) is 0.200. The number of rotatable bonds is 3. The number of fused-ring (bicyclic) bond motifs is 1. The molecule has 1 atom stereocenters. The summed E-state index contributed by atoms with van der Waals surface area (Å²) in [4.78, 5) is 10.4. The molecule has 1 unspecified atom stereocenters. The van der Waals surface area contributed by atoms with E-state index in [1.54, 1.807) is 6.07 Å². The van der Waals surface area contributed by atoms with Gasteiger partial charge in [0.2, 0.25) is 0 Å². The van der Waals surface area contributed by atoms with Crippen molar-refractivity contribution in [3.8, 4) is 0 Å². The maximum Gasteiger partial charge on any atom is 0.271 e. The average Bonchev–Trinajstić information content (AvgIpc) is 2.84. The molecule has 1 aliphatic carbocycles. The van der Waals surface area contributed by atoms with Crippen LogP contribution in [0.4, 0.5) is 11.4 Å². The van der Waals surface area contributed by atoms with Gasteiger partial charge in [-0.15, -0.1) is 0 Å². The van der Waals surface area contributed by atoms with Crippen molar-refractivity contribution < 1.29 is 4.92 Å². The molecule has 0 spiro atoms. The van der Waals surface area contributed by atoms with E-state index in [-0.39, 0.29) is 11.7 Å². The van der Waals surface area contributed by atoms with E-state index in [0.717, 1.165) is 12.8 Å². The predicted molar refractivity (Wildman–Crippen MR) is 79.2 cm³/mol. The van der Waals surface area contributed by atoms with E-state index in [2.05, 4.69) is 17.4 Å². The Morgan fingerprint density at radius 3 is 2.85 bits per heavy atom. The molecule has 1 aliphatic rings. The quantitative estimate of drug-likeness (QED) is 0.675. The van der Waals surface area contributed by atoms with Crippen LogP contribution in [-0.2, 0) is 6.42 Å². The summed E-state index contributed by atoms with van der Waals surface area (Å²) in [6.07, 6.45) is 1.98. The summed E-state index contributed by atoms with van der Waals surface area (Å²) in [5.74, 6) is 0. The van der Waals surface area contributed by atoms with Crippen LogP contribution in [0, 0.1) is 10.1 Å². The molecular formula is C15H13ClN2O2. The minimum absolute atomic E-state index is 0.0446. The van der Waals surface area contributed by atoms with Crippen LogP contribution < -0.4 is 5.32 Å². The highest BCUT2D eigenvalue weighted by molar-refractivity contribution is 6.33. The predicted octanol–water partition coefficient (Wildman–Crippen LogP) is 4.35. The van der Waals surface area contributed by atoms with Gasteiger partial charge < -0.3 is 5.32 Å². The first kappa shape index (κ1) is 12.9. The molecule has 0 aromatic heterocycles. The summed E-state index contributed by atoms with van der Waals surface area (Å²) >= 11 is 6.12. The van der Waals surface area contributed by atoms with Crippen molar-refractivity contribution in [2.75, 3.05) is 5.32 Å². The molecule has 0 fully saturated rings. The number of nitrogens with zero attached hydrogens (tertiary/aromatic N) is 1. The first-order chi connectivity index (χ1) is 9.65. The Bertz CT molecular complexity index is 673. The zero-order chi connectivity index (χ0) is 14.1. The molecule has 0 saturated carbocycles. The Kier molecular flexibility index (Phi) is 3.32. The summed E-state index contributed by atoms with van der Waals surface area (Å²) in [6, 6.07) is 12.9. The van der Waals surface area contributed by atoms with E-state index in [4.69, 9.17) is 11.6 Å². The number of aryl methyl sites for hydroxylation is 1. The molecule has 1 N–H and O–H groups in total. The fourth-order valence-corrected chi connectivity index (χ4v) is 2.80. The second-order valence-corrected chi connectivity index (χ2v) is 5.26. The zero-order valence-electron chi connectivity index (χ0n) is 10.7. The van der Waals surface area contributed by atoms with Gasteiger partial charge in [0, 0.05) is 12.1 Å². The number of benzene rings is 2. The monoisotopic (exact) mass is 288 g/mol. The fourth-order valence-electron chi connectivity index (χ4n) is 2.63. The third-order valence-electron chi connectivity index (χ3n) is 3.62. The van der Waals surface area contributed by atoms with Crippen LogP contribution in [0.2, 0.25) is 5.02 Å². The van der Waals surface area contributed by atoms with Crippen molar-refractivity contribution in [3.63, 3.8) is 0 Å². The van der Waals surface area contributed by atoms with Gasteiger partial charge in [0.25, 0.3) is 5.69 Å². The normalized spacial score (nSPS) is 16.8. The van der Waals surface area contributed by atoms with E-state index in [1.165, 1.54) is 23.3 Å². The van der Waals surface area contributed by atoms with Gasteiger partial charge in [-0.3, -0.25) is 10.1 Å². The van der Waals surface area contributed by atoms with Crippen molar-refractivity contribution in [2.24, 2.45) is 0 Å². The maximum absolute atomic E-state index is 10.8. The van der Waals surface area contributed by atoms with Gasteiger partial charge in [0.1, 0.15) is 0 Å². The number of nitro benzene ring substituents is 1. The van der Waals surface area contributed by atoms with Gasteiger partial charge in [-0.05, 0) is 30.0 Å². The number of nitro groups is 1. The molecule has 0 amide bonds. The first-order valence-electron chi connectivity index (χ1n) is 6.43. The number of nitrogens with one attached hydrogen (secondary N) is 1. The van der Waals surface area contributed by atoms with Crippen molar-refractivity contribution in [2.45, 2.75) is 18.9 Å². The number of halogens is 1. The Balaban J connectivity index is 1.89. The molecule has 102 valence electrons. The molecule has 0 radical (unpaired) electrons. The Morgan fingerprint density at radius 1 is 1.25 bits per heavy atom. The highest BCUT2D eigenvalue weighted by Crippen LogP contribution is 2.36. The van der Waals surface area contributed by atoms with Crippen LogP contribution in [0.1, 0.15) is 23.6 Å². The van der Waals surface area contributed by atoms with Crippen molar-refractivity contribution in [1.29, 1.82) is 0 Å². The standard InChI is InChI=1S/C15H13ClN2O2/c16-13-7-6-11(18(19)20)9-15(13)17-14-8-5-10-3-1-2-4-12(10)14/h1-4,6-7,9,14,17H,5,8H2. The largest absolute Gasteiger partial charge is 0.377 e. The first-order valence-corrected chi connectivity index (χ1v) is 6.81. The maximum atomic E-state index is 10.8. The van der Waals surface area contributed by atoms with E-state index in [1.807, 2.05) is 12.1 Å². The Morgan fingerprint density at radius 2 is 2.05 bits per heavy atom. The SMILES string of the molecule is O=[N+]([O-])c1ccc(Cl)c(NC2CCc3ccccc32)c1. The van der Waals surface area contributed by atoms with Crippen LogP contribution >= 0.6 is 11.6 Å². The Labute approximate surface area is 121 Å². The van der Waals surface area contributed by atoms with Gasteiger partial charge >= 0.3 is 0 Å². The lowest BCUT2D eigenvalue weighted by Crippen LogP contribution is -2.07. The summed E-state index contributed by atoms with van der Waals surface area (Å²) in [6.45, 7) is 0. The molecule has 0 saturated heterocycles. The third kappa shape index (κ3) is 2.34. The van der Waals surface area contributed by atoms with Crippen LogP contribution in [0.25, 0.3) is 0 Å². The van der Waals surface area contributed by atoms with Gasteiger partial charge in [-0.25, -0.2) is 0 Å². The molecular weight excluding hydrogens is 276 g/mol. The minimum atomic E-state index is -0.413. The second kappa shape index (κ2) is 5.13. The lowest BCUT2D eigenvalue weighted by Gasteiger charge is -2.16. The summed E-state index contributed by atoms with van der Waals surface area (Å²) < 4.78 is 0. The highest BCUT2D eigenvalue weighted by atomic mass is 35.5. The topological polar surface area (TPSA) is 55.2 Å². The zero-order valence-corrected chi connectivity index (χ0v) is 11.4. The van der Waals surface area contributed by atoms with Crippen LogP contribution in [0.3, 0.4) is 0 Å². The van der Waals surface area contributed by atoms with Gasteiger partial charge in [-0.1, -0.05) is 35.9 Å². The van der Waals surface area contributed by atoms with E-state index < -0.39 is 4.92 Å². The molecule has 0 aliphatic heterocycles. The van der Waals surface area contributed by atoms with Crippen molar-refractivity contribution >= 4 is 23.0 Å². The molecule has 2 aromatic carbocycles. The summed E-state index contributed by atoms with van der Waals surface area (Å²) in [7, 11) is 0. The smallest absolute Gasteiger partial charge is 0.271 e. The second-order valence-electron chi connectivity index (χ2n) is 4.86. The molecule has 2 aromatic rings. The molecule has 5 heteroatoms. The third-order valence-corrected chi connectivity index (χ3v) is 3.95. The van der Waals surface area contributed by atoms with Crippen molar-refractivity contribution in [1.82, 2.24) is 0 Å². The van der Waals surface area contributed by atoms with Crippen LogP contribution in [0.5, 0.6) is 0 Å². The minimum Gasteiger partial charge on any atom is -0.377 e. The van der Waals surface area contributed by atoms with Gasteiger partial charge in [-0.2, -0.15) is 0 Å².